The highest BCUT2D eigenvalue weighted by Crippen LogP contribution is 2.79. The summed E-state index contributed by atoms with van der Waals surface area (Å²) in [5.41, 5.74) is -0.230. The Bertz CT molecular complexity index is 1500. The Hall–Kier alpha value is -4.05. The quantitative estimate of drug-likeness (QED) is 0.169. The summed E-state index contributed by atoms with van der Waals surface area (Å²) in [4.78, 5) is 41.8. The summed E-state index contributed by atoms with van der Waals surface area (Å²) >= 11 is 0. The largest absolute Gasteiger partial charge is 0.425 e. The minimum Gasteiger partial charge on any atom is -0.425 e. The van der Waals surface area contributed by atoms with Crippen molar-refractivity contribution in [3.05, 3.63) is 113 Å². The van der Waals surface area contributed by atoms with Gasteiger partial charge in [0.15, 0.2) is 17.0 Å². The molecule has 0 saturated heterocycles. The molecular weight excluding hydrogens is 424 g/mol. The number of benzene rings is 4. The van der Waals surface area contributed by atoms with E-state index in [-0.39, 0.29) is 11.6 Å². The number of aryl methyl sites for hydroxylation is 1. The van der Waals surface area contributed by atoms with Gasteiger partial charge in [-0.2, -0.15) is 0 Å². The first kappa shape index (κ1) is 20.5. The lowest BCUT2D eigenvalue weighted by molar-refractivity contribution is -0.140. The lowest BCUT2D eigenvalue weighted by Gasteiger charge is -2.24. The molecule has 0 unspecified atom stereocenters. The molecule has 0 spiro atoms. The van der Waals surface area contributed by atoms with Crippen molar-refractivity contribution in [2.75, 3.05) is 0 Å². The zero-order chi connectivity index (χ0) is 23.7. The Morgan fingerprint density at radius 3 is 2.15 bits per heavy atom. The highest BCUT2D eigenvalue weighted by atomic mass is 16.5. The van der Waals surface area contributed by atoms with E-state index in [1.54, 1.807) is 49.4 Å². The minimum absolute atomic E-state index is 0.223. The third kappa shape index (κ3) is 2.45. The Morgan fingerprint density at radius 1 is 0.765 bits per heavy atom. The number of hydrogen-bond donors (Lipinski definition) is 0. The first-order valence-electron chi connectivity index (χ1n) is 11.4. The number of rotatable bonds is 4. The summed E-state index contributed by atoms with van der Waals surface area (Å²) in [6, 6.07) is 27.5. The molecule has 6 rings (SSSR count). The summed E-state index contributed by atoms with van der Waals surface area (Å²) in [7, 11) is 0. The van der Waals surface area contributed by atoms with Crippen LogP contribution in [0.1, 0.15) is 44.7 Å². The van der Waals surface area contributed by atoms with Crippen LogP contribution in [-0.2, 0) is 4.79 Å². The summed E-state index contributed by atoms with van der Waals surface area (Å²) in [6.45, 7) is 3.70. The van der Waals surface area contributed by atoms with E-state index < -0.39 is 22.7 Å². The third-order valence-electron chi connectivity index (χ3n) is 7.67. The molecule has 4 nitrogen and oxygen atoms in total. The second-order valence-corrected chi connectivity index (χ2v) is 9.42. The van der Waals surface area contributed by atoms with Crippen molar-refractivity contribution >= 4 is 28.3 Å². The summed E-state index contributed by atoms with van der Waals surface area (Å²) in [6.07, 6.45) is 0. The minimum atomic E-state index is -1.62. The van der Waals surface area contributed by atoms with Gasteiger partial charge in [-0.1, -0.05) is 97.4 Å². The van der Waals surface area contributed by atoms with Crippen molar-refractivity contribution in [1.82, 2.24) is 0 Å². The van der Waals surface area contributed by atoms with E-state index in [1.807, 2.05) is 55.5 Å². The zero-order valence-electron chi connectivity index (χ0n) is 18.9. The van der Waals surface area contributed by atoms with Crippen LogP contribution in [0.5, 0.6) is 5.75 Å². The number of ketones is 2. The van der Waals surface area contributed by atoms with Crippen LogP contribution >= 0.6 is 0 Å². The summed E-state index contributed by atoms with van der Waals surface area (Å²) in [5.74, 6) is -1.45. The molecule has 0 radical (unpaired) electrons. The normalized spacial score (nSPS) is 24.6. The predicted molar refractivity (Wildman–Crippen MR) is 129 cm³/mol. The van der Waals surface area contributed by atoms with Crippen LogP contribution < -0.4 is 4.74 Å². The van der Waals surface area contributed by atoms with Crippen molar-refractivity contribution in [1.29, 1.82) is 0 Å². The molecule has 34 heavy (non-hydrogen) atoms. The molecule has 1 fully saturated rings. The van der Waals surface area contributed by atoms with E-state index in [9.17, 15) is 14.4 Å². The van der Waals surface area contributed by atoms with Gasteiger partial charge in [0.1, 0.15) is 5.75 Å². The van der Waals surface area contributed by atoms with Gasteiger partial charge < -0.3 is 4.74 Å². The molecule has 4 aromatic rings. The molecule has 4 aromatic carbocycles. The van der Waals surface area contributed by atoms with Gasteiger partial charge in [-0.25, -0.2) is 0 Å². The van der Waals surface area contributed by atoms with Gasteiger partial charge in [0.2, 0.25) is 0 Å². The van der Waals surface area contributed by atoms with Crippen LogP contribution in [0.25, 0.3) is 10.8 Å². The number of hydrogen-bond acceptors (Lipinski definition) is 4. The average Bonchev–Trinajstić information content (AvgIpc) is 3.46. The predicted octanol–water partition coefficient (Wildman–Crippen LogP) is 5.92. The molecule has 0 amide bonds. The third-order valence-corrected chi connectivity index (χ3v) is 7.67. The summed E-state index contributed by atoms with van der Waals surface area (Å²) in [5, 5.41) is 1.86. The number of esters is 1. The van der Waals surface area contributed by atoms with Crippen LogP contribution in [0.15, 0.2) is 91.0 Å². The Morgan fingerprint density at radius 2 is 1.41 bits per heavy atom. The number of carbonyl (C=O) groups excluding carboxylic acids is 3. The molecule has 3 atom stereocenters. The molecule has 2 aliphatic rings. The van der Waals surface area contributed by atoms with Gasteiger partial charge in [-0.15, -0.1) is 0 Å². The fourth-order valence-electron chi connectivity index (χ4n) is 5.89. The molecule has 0 bridgehead atoms. The standard InChI is InChI=1S/C30H22O4/c1-18-12-14-21(15-13-18)26(31)29(2)25-24-22-11-7-6-8-19(22)16-17-23(24)34-28(33)30(25,29)27(32)20-9-4-3-5-10-20/h3-17,25H,1-2H3/t25-,29+,30+/m1/s1. The Labute approximate surface area is 197 Å². The maximum absolute atomic E-state index is 14.1. The van der Waals surface area contributed by atoms with Gasteiger partial charge in [-0.05, 0) is 23.8 Å². The van der Waals surface area contributed by atoms with E-state index in [0.717, 1.165) is 21.9 Å². The fourth-order valence-corrected chi connectivity index (χ4v) is 5.89. The Kier molecular flexibility index (Phi) is 4.21. The van der Waals surface area contributed by atoms with Gasteiger partial charge in [0.25, 0.3) is 0 Å². The molecule has 166 valence electrons. The molecule has 1 aliphatic carbocycles. The van der Waals surface area contributed by atoms with Crippen LogP contribution in [0.4, 0.5) is 0 Å². The SMILES string of the molecule is Cc1ccc(C(=O)[C@]2(C)[C@H]3c4c(ccc5ccccc45)OC(=O)[C@@]32C(=O)c2ccccc2)cc1. The van der Waals surface area contributed by atoms with Crippen LogP contribution in [0.2, 0.25) is 0 Å². The van der Waals surface area contributed by atoms with Crippen molar-refractivity contribution in [2.45, 2.75) is 19.8 Å². The highest BCUT2D eigenvalue weighted by molar-refractivity contribution is 6.26. The number of Topliss-reactive ketones (excluding diaryl/α,β-unsaturated/α-hetero) is 2. The fraction of sp³-hybridized carbons (Fsp3) is 0.167. The molecule has 1 aliphatic heterocycles. The smallest absolute Gasteiger partial charge is 0.327 e. The van der Waals surface area contributed by atoms with E-state index in [1.165, 1.54) is 0 Å². The van der Waals surface area contributed by atoms with Crippen molar-refractivity contribution < 1.29 is 19.1 Å². The summed E-state index contributed by atoms with van der Waals surface area (Å²) < 4.78 is 5.83. The maximum atomic E-state index is 14.1. The number of fused-ring (bicyclic) bond motifs is 5. The first-order chi connectivity index (χ1) is 16.4. The Balaban J connectivity index is 1.63. The molecular formula is C30H22O4. The maximum Gasteiger partial charge on any atom is 0.327 e. The average molecular weight is 447 g/mol. The van der Waals surface area contributed by atoms with Crippen LogP contribution in [0, 0.1) is 17.8 Å². The van der Waals surface area contributed by atoms with E-state index in [2.05, 4.69) is 0 Å². The van der Waals surface area contributed by atoms with Crippen molar-refractivity contribution in [3.63, 3.8) is 0 Å². The van der Waals surface area contributed by atoms with Crippen LogP contribution in [0.3, 0.4) is 0 Å². The molecule has 1 heterocycles. The molecule has 0 N–H and O–H groups in total. The van der Waals surface area contributed by atoms with Crippen molar-refractivity contribution in [2.24, 2.45) is 10.8 Å². The lowest BCUT2D eigenvalue weighted by atomic mass is 9.82. The van der Waals surface area contributed by atoms with Gasteiger partial charge in [0.05, 0.1) is 5.41 Å². The second kappa shape index (κ2) is 6.97. The highest BCUT2D eigenvalue weighted by Gasteiger charge is 2.87. The van der Waals surface area contributed by atoms with Crippen molar-refractivity contribution in [3.8, 4) is 5.75 Å². The van der Waals surface area contributed by atoms with Gasteiger partial charge >= 0.3 is 5.97 Å². The molecule has 4 heteroatoms. The van der Waals surface area contributed by atoms with Gasteiger partial charge in [0, 0.05) is 22.6 Å². The van der Waals surface area contributed by atoms with E-state index in [0.29, 0.717) is 16.9 Å². The lowest BCUT2D eigenvalue weighted by Crippen LogP contribution is -2.39. The van der Waals surface area contributed by atoms with Gasteiger partial charge in [-0.3, -0.25) is 14.4 Å². The topological polar surface area (TPSA) is 60.4 Å². The zero-order valence-corrected chi connectivity index (χ0v) is 18.9. The van der Waals surface area contributed by atoms with E-state index in [4.69, 9.17) is 4.74 Å². The second-order valence-electron chi connectivity index (χ2n) is 9.42. The van der Waals surface area contributed by atoms with E-state index >= 15 is 0 Å². The molecule has 0 aromatic heterocycles. The first-order valence-corrected chi connectivity index (χ1v) is 11.4. The number of ether oxygens (including phenoxy) is 1. The number of carbonyl (C=O) groups is 3. The monoisotopic (exact) mass is 446 g/mol. The van der Waals surface area contributed by atoms with Crippen LogP contribution in [-0.4, -0.2) is 17.5 Å². The molecule has 1 saturated carbocycles.